The maximum atomic E-state index is 13.3. The predicted molar refractivity (Wildman–Crippen MR) is 117 cm³/mol. The normalized spacial score (nSPS) is 20.9. The van der Waals surface area contributed by atoms with E-state index in [2.05, 4.69) is 5.32 Å². The van der Waals surface area contributed by atoms with Gasteiger partial charge < -0.3 is 25.2 Å². The summed E-state index contributed by atoms with van der Waals surface area (Å²) in [6.07, 6.45) is -6.10. The van der Waals surface area contributed by atoms with E-state index in [9.17, 15) is 27.6 Å². The summed E-state index contributed by atoms with van der Waals surface area (Å²) in [6, 6.07) is 14.5. The molecule has 1 aliphatic carbocycles. The highest BCUT2D eigenvalue weighted by Crippen LogP contribution is 2.44. The Morgan fingerprint density at radius 3 is 2.14 bits per heavy atom. The van der Waals surface area contributed by atoms with Crippen LogP contribution in [0.4, 0.5) is 18.0 Å². The molecular weight excluding hydrogens is 469 g/mol. The van der Waals surface area contributed by atoms with Crippen molar-refractivity contribution in [2.24, 2.45) is 5.92 Å². The van der Waals surface area contributed by atoms with E-state index < -0.39 is 41.6 Å². The average Bonchev–Trinajstić information content (AvgIpc) is 3.39. The van der Waals surface area contributed by atoms with Gasteiger partial charge in [0.1, 0.15) is 6.61 Å². The van der Waals surface area contributed by atoms with Gasteiger partial charge in [0.05, 0.1) is 25.2 Å². The van der Waals surface area contributed by atoms with Crippen LogP contribution in [-0.4, -0.2) is 60.7 Å². The van der Waals surface area contributed by atoms with Crippen molar-refractivity contribution < 1.29 is 42.1 Å². The van der Waals surface area contributed by atoms with Gasteiger partial charge in [-0.1, -0.05) is 48.5 Å². The minimum atomic E-state index is -5.23. The van der Waals surface area contributed by atoms with Crippen molar-refractivity contribution in [2.75, 3.05) is 19.8 Å². The monoisotopic (exact) mass is 492 g/mol. The van der Waals surface area contributed by atoms with Crippen molar-refractivity contribution in [3.05, 3.63) is 59.7 Å². The molecule has 2 aromatic rings. The molecule has 1 aliphatic heterocycles. The number of carbonyl (C=O) groups excluding carboxylic acids is 2. The summed E-state index contributed by atoms with van der Waals surface area (Å²) < 4.78 is 50.3. The second-order valence-corrected chi connectivity index (χ2v) is 8.64. The van der Waals surface area contributed by atoms with Crippen molar-refractivity contribution in [2.45, 2.75) is 30.6 Å². The molecule has 0 bridgehead atoms. The first kappa shape index (κ1) is 24.5. The van der Waals surface area contributed by atoms with Crippen LogP contribution in [-0.2, 0) is 19.1 Å². The number of carboxylic acids is 1. The van der Waals surface area contributed by atoms with Gasteiger partial charge in [0, 0.05) is 5.92 Å². The number of amides is 2. The van der Waals surface area contributed by atoms with Crippen LogP contribution in [0.3, 0.4) is 0 Å². The van der Waals surface area contributed by atoms with Gasteiger partial charge in [-0.05, 0) is 29.2 Å². The maximum absolute atomic E-state index is 13.3. The predicted octanol–water partition coefficient (Wildman–Crippen LogP) is 3.06. The molecule has 4 rings (SSSR count). The molecule has 2 amide bonds. The molecule has 3 unspecified atom stereocenters. The van der Waals surface area contributed by atoms with Crippen molar-refractivity contribution >= 4 is 18.0 Å². The molecule has 0 saturated carbocycles. The smallest absolute Gasteiger partial charge is 0.422 e. The van der Waals surface area contributed by atoms with Crippen LogP contribution in [0.1, 0.15) is 24.0 Å². The zero-order valence-corrected chi connectivity index (χ0v) is 18.6. The van der Waals surface area contributed by atoms with Gasteiger partial charge in [0.15, 0.2) is 0 Å². The van der Waals surface area contributed by atoms with Gasteiger partial charge >= 0.3 is 18.2 Å². The number of ether oxygens (including phenoxy) is 2. The van der Waals surface area contributed by atoms with Crippen LogP contribution in [0.25, 0.3) is 11.1 Å². The zero-order valence-electron chi connectivity index (χ0n) is 18.6. The second kappa shape index (κ2) is 9.21. The molecule has 186 valence electrons. The number of nitrogens with one attached hydrogen (secondary N) is 2. The Hall–Kier alpha value is -3.60. The molecule has 35 heavy (non-hydrogen) atoms. The molecule has 1 saturated heterocycles. The molecule has 1 heterocycles. The topological polar surface area (TPSA) is 114 Å². The van der Waals surface area contributed by atoms with Crippen LogP contribution >= 0.6 is 0 Å². The van der Waals surface area contributed by atoms with Gasteiger partial charge in [-0.15, -0.1) is 0 Å². The Kier molecular flexibility index (Phi) is 6.46. The molecule has 3 atom stereocenters. The largest absolute Gasteiger partial charge is 0.479 e. The fourth-order valence-electron chi connectivity index (χ4n) is 4.33. The lowest BCUT2D eigenvalue weighted by Crippen LogP contribution is -2.64. The number of benzene rings is 2. The summed E-state index contributed by atoms with van der Waals surface area (Å²) >= 11 is 0. The van der Waals surface area contributed by atoms with E-state index in [1.54, 1.807) is 5.32 Å². The lowest BCUT2D eigenvalue weighted by Gasteiger charge is -2.30. The summed E-state index contributed by atoms with van der Waals surface area (Å²) in [5.41, 5.74) is 0.612. The third-order valence-electron chi connectivity index (χ3n) is 6.43. The molecule has 3 N–H and O–H groups in total. The summed E-state index contributed by atoms with van der Waals surface area (Å²) in [4.78, 5) is 36.2. The summed E-state index contributed by atoms with van der Waals surface area (Å²) in [5.74, 6) is -4.88. The molecular formula is C24H23F3N2O6. The fourth-order valence-corrected chi connectivity index (χ4v) is 4.33. The number of hydrogen-bond acceptors (Lipinski definition) is 5. The van der Waals surface area contributed by atoms with Crippen molar-refractivity contribution in [1.29, 1.82) is 0 Å². The lowest BCUT2D eigenvalue weighted by atomic mass is 9.97. The maximum Gasteiger partial charge on any atom is 0.422 e. The van der Waals surface area contributed by atoms with E-state index in [0.29, 0.717) is 6.92 Å². The molecule has 0 spiro atoms. The van der Waals surface area contributed by atoms with Crippen LogP contribution in [0.2, 0.25) is 0 Å². The SMILES string of the molecule is CC(NC(=O)C1COCC1NC(=O)OCC1c2ccccc2-c2ccccc21)(C(=O)O)C(F)(F)F. The van der Waals surface area contributed by atoms with Gasteiger partial charge in [-0.2, -0.15) is 13.2 Å². The first-order valence-electron chi connectivity index (χ1n) is 10.8. The number of halogens is 3. The number of carboxylic acid groups (broad SMARTS) is 1. The number of aliphatic carboxylic acids is 1. The van der Waals surface area contributed by atoms with E-state index in [-0.39, 0.29) is 25.7 Å². The number of fused-ring (bicyclic) bond motifs is 3. The van der Waals surface area contributed by atoms with E-state index >= 15 is 0 Å². The Morgan fingerprint density at radius 2 is 1.60 bits per heavy atom. The number of alkyl carbamates (subject to hydrolysis) is 1. The molecule has 2 aromatic carbocycles. The van der Waals surface area contributed by atoms with Crippen LogP contribution in [0.5, 0.6) is 0 Å². The van der Waals surface area contributed by atoms with Crippen molar-refractivity contribution in [3.8, 4) is 11.1 Å². The minimum Gasteiger partial charge on any atom is -0.479 e. The minimum absolute atomic E-state index is 0.00938. The van der Waals surface area contributed by atoms with Crippen LogP contribution < -0.4 is 10.6 Å². The summed E-state index contributed by atoms with van der Waals surface area (Å²) in [6.45, 7) is -0.0573. The van der Waals surface area contributed by atoms with Gasteiger partial charge in [-0.3, -0.25) is 4.79 Å². The number of hydrogen-bond donors (Lipinski definition) is 3. The molecule has 0 radical (unpaired) electrons. The fraction of sp³-hybridized carbons (Fsp3) is 0.375. The third-order valence-corrected chi connectivity index (χ3v) is 6.43. The molecule has 8 nitrogen and oxygen atoms in total. The molecule has 2 aliphatic rings. The van der Waals surface area contributed by atoms with E-state index in [1.807, 2.05) is 48.5 Å². The van der Waals surface area contributed by atoms with Gasteiger partial charge in [0.25, 0.3) is 0 Å². The first-order valence-corrected chi connectivity index (χ1v) is 10.8. The Labute approximate surface area is 198 Å². The quantitative estimate of drug-likeness (QED) is 0.571. The highest BCUT2D eigenvalue weighted by atomic mass is 19.4. The third kappa shape index (κ3) is 4.55. The standard InChI is InChI=1S/C24H23F3N2O6/c1-23(21(31)32,24(25,26)27)29-20(30)18-10-34-12-19(18)28-22(33)35-11-17-15-8-4-2-6-13(15)14-7-3-5-9-16(14)17/h2-9,17-19H,10-12H2,1H3,(H,28,33)(H,29,30)(H,31,32). The highest BCUT2D eigenvalue weighted by Gasteiger charge is 2.59. The number of carbonyl (C=O) groups is 3. The molecule has 11 heteroatoms. The first-order chi connectivity index (χ1) is 16.5. The number of alkyl halides is 3. The molecule has 1 fully saturated rings. The Morgan fingerprint density at radius 1 is 1.03 bits per heavy atom. The Balaban J connectivity index is 1.40. The second-order valence-electron chi connectivity index (χ2n) is 8.64. The zero-order chi connectivity index (χ0) is 25.4. The highest BCUT2D eigenvalue weighted by molar-refractivity contribution is 5.89. The van der Waals surface area contributed by atoms with Crippen LogP contribution in [0, 0.1) is 5.92 Å². The summed E-state index contributed by atoms with van der Waals surface area (Å²) in [5, 5.41) is 13.0. The Bertz CT molecular complexity index is 1110. The molecule has 0 aromatic heterocycles. The lowest BCUT2D eigenvalue weighted by molar-refractivity contribution is -0.207. The van der Waals surface area contributed by atoms with Gasteiger partial charge in [-0.25, -0.2) is 9.59 Å². The van der Waals surface area contributed by atoms with Gasteiger partial charge in [0.2, 0.25) is 11.4 Å². The average molecular weight is 492 g/mol. The number of rotatable bonds is 6. The van der Waals surface area contributed by atoms with E-state index in [1.165, 1.54) is 0 Å². The van der Waals surface area contributed by atoms with Crippen LogP contribution in [0.15, 0.2) is 48.5 Å². The van der Waals surface area contributed by atoms with Crippen molar-refractivity contribution in [1.82, 2.24) is 10.6 Å². The summed E-state index contributed by atoms with van der Waals surface area (Å²) in [7, 11) is 0. The van der Waals surface area contributed by atoms with E-state index in [0.717, 1.165) is 22.3 Å². The van der Waals surface area contributed by atoms with E-state index in [4.69, 9.17) is 14.6 Å². The van der Waals surface area contributed by atoms with Crippen molar-refractivity contribution in [3.63, 3.8) is 0 Å².